The molecule has 2 rings (SSSR count). The second-order valence-electron chi connectivity index (χ2n) is 5.45. The number of benzene rings is 2. The third-order valence-corrected chi connectivity index (χ3v) is 4.00. The summed E-state index contributed by atoms with van der Waals surface area (Å²) in [6.07, 6.45) is -0.405. The Balaban J connectivity index is 2.11. The van der Waals surface area contributed by atoms with Crippen LogP contribution in [0.4, 0.5) is 10.5 Å². The van der Waals surface area contributed by atoms with Crippen molar-refractivity contribution in [2.24, 2.45) is 0 Å². The molecule has 0 saturated carbocycles. The Morgan fingerprint density at radius 1 is 1.25 bits per heavy atom. The topological polar surface area (TPSA) is 78.8 Å². The number of ether oxygens (including phenoxy) is 1. The van der Waals surface area contributed by atoms with Gasteiger partial charge in [-0.15, -0.1) is 0 Å². The van der Waals surface area contributed by atoms with Gasteiger partial charge in [0.2, 0.25) is 0 Å². The first-order valence-electron chi connectivity index (χ1n) is 7.63. The molecule has 0 aliphatic rings. The maximum Gasteiger partial charge on any atom is 0.412 e. The van der Waals surface area contributed by atoms with Crippen molar-refractivity contribution in [2.45, 2.75) is 25.9 Å². The SMILES string of the molecule is Cc1ccc(NC(=O)O[C@H](CCCO)c2cc(Br)ccc2O)cc1. The zero-order valence-corrected chi connectivity index (χ0v) is 14.9. The second-order valence-corrected chi connectivity index (χ2v) is 6.37. The molecule has 24 heavy (non-hydrogen) atoms. The van der Waals surface area contributed by atoms with E-state index >= 15 is 0 Å². The van der Waals surface area contributed by atoms with Gasteiger partial charge in [0, 0.05) is 22.3 Å². The lowest BCUT2D eigenvalue weighted by Crippen LogP contribution is -2.18. The molecule has 0 fully saturated rings. The number of hydrogen-bond acceptors (Lipinski definition) is 4. The van der Waals surface area contributed by atoms with Gasteiger partial charge < -0.3 is 14.9 Å². The molecule has 0 unspecified atom stereocenters. The molecule has 1 atom stereocenters. The molecule has 6 heteroatoms. The van der Waals surface area contributed by atoms with Crippen molar-refractivity contribution in [3.8, 4) is 5.75 Å². The Morgan fingerprint density at radius 2 is 1.96 bits per heavy atom. The van der Waals surface area contributed by atoms with Crippen LogP contribution in [0.1, 0.15) is 30.1 Å². The van der Waals surface area contributed by atoms with Gasteiger partial charge in [-0.05, 0) is 50.1 Å². The highest BCUT2D eigenvalue weighted by Crippen LogP contribution is 2.33. The smallest absolute Gasteiger partial charge is 0.412 e. The molecule has 0 saturated heterocycles. The standard InChI is InChI=1S/C18H20BrNO4/c1-12-4-7-14(8-5-12)20-18(23)24-17(3-2-10-21)15-11-13(19)6-9-16(15)22/h4-9,11,17,21-22H,2-3,10H2,1H3,(H,20,23)/t17-/m1/s1. The number of aliphatic hydroxyl groups excluding tert-OH is 1. The van der Waals surface area contributed by atoms with Crippen molar-refractivity contribution in [3.05, 3.63) is 58.1 Å². The first-order chi connectivity index (χ1) is 11.5. The number of halogens is 1. The van der Waals surface area contributed by atoms with Crippen molar-refractivity contribution in [2.75, 3.05) is 11.9 Å². The van der Waals surface area contributed by atoms with Crippen molar-refractivity contribution < 1.29 is 19.7 Å². The number of phenolic OH excluding ortho intramolecular Hbond substituents is 1. The average molecular weight is 394 g/mol. The molecule has 0 bridgehead atoms. The van der Waals surface area contributed by atoms with Crippen molar-refractivity contribution in [1.82, 2.24) is 0 Å². The summed E-state index contributed by atoms with van der Waals surface area (Å²) in [5.74, 6) is 0.0456. The highest BCUT2D eigenvalue weighted by molar-refractivity contribution is 9.10. The fraction of sp³-hybridized carbons (Fsp3) is 0.278. The first kappa shape index (κ1) is 18.3. The normalized spacial score (nSPS) is 11.8. The summed E-state index contributed by atoms with van der Waals surface area (Å²) in [7, 11) is 0. The zero-order valence-electron chi connectivity index (χ0n) is 13.3. The van der Waals surface area contributed by atoms with Crippen LogP contribution in [0.15, 0.2) is 46.9 Å². The van der Waals surface area contributed by atoms with Gasteiger partial charge in [0.15, 0.2) is 0 Å². The molecule has 128 valence electrons. The van der Waals surface area contributed by atoms with E-state index in [9.17, 15) is 9.90 Å². The first-order valence-corrected chi connectivity index (χ1v) is 8.42. The Bertz CT molecular complexity index is 688. The minimum Gasteiger partial charge on any atom is -0.508 e. The number of carbonyl (C=O) groups is 1. The number of aromatic hydroxyl groups is 1. The number of aryl methyl sites for hydroxylation is 1. The lowest BCUT2D eigenvalue weighted by molar-refractivity contribution is 0.0979. The number of anilines is 1. The third kappa shape index (κ3) is 5.25. The van der Waals surface area contributed by atoms with Crippen LogP contribution in [0.3, 0.4) is 0 Å². The number of carbonyl (C=O) groups excluding carboxylic acids is 1. The minimum atomic E-state index is -0.653. The van der Waals surface area contributed by atoms with Gasteiger partial charge in [-0.1, -0.05) is 33.6 Å². The summed E-state index contributed by atoms with van der Waals surface area (Å²) in [6, 6.07) is 12.3. The highest BCUT2D eigenvalue weighted by Gasteiger charge is 2.20. The van der Waals surface area contributed by atoms with E-state index in [2.05, 4.69) is 21.2 Å². The van der Waals surface area contributed by atoms with Gasteiger partial charge >= 0.3 is 6.09 Å². The number of nitrogens with one attached hydrogen (secondary N) is 1. The van der Waals surface area contributed by atoms with E-state index in [0.717, 1.165) is 10.0 Å². The Labute approximate surface area is 149 Å². The van der Waals surface area contributed by atoms with Crippen molar-refractivity contribution in [3.63, 3.8) is 0 Å². The van der Waals surface area contributed by atoms with Crippen LogP contribution in [-0.2, 0) is 4.74 Å². The molecular weight excluding hydrogens is 374 g/mol. The van der Waals surface area contributed by atoms with Crippen molar-refractivity contribution >= 4 is 27.7 Å². The molecule has 0 aliphatic carbocycles. The van der Waals surface area contributed by atoms with Crippen LogP contribution in [0.2, 0.25) is 0 Å². The van der Waals surface area contributed by atoms with E-state index in [4.69, 9.17) is 9.84 Å². The summed E-state index contributed by atoms with van der Waals surface area (Å²) in [4.78, 5) is 12.2. The maximum atomic E-state index is 12.2. The molecule has 0 heterocycles. The van der Waals surface area contributed by atoms with E-state index in [1.807, 2.05) is 19.1 Å². The summed E-state index contributed by atoms with van der Waals surface area (Å²) >= 11 is 3.34. The van der Waals surface area contributed by atoms with Crippen LogP contribution >= 0.6 is 15.9 Å². The summed E-state index contributed by atoms with van der Waals surface area (Å²) in [5.41, 5.74) is 2.22. The number of amides is 1. The molecular formula is C18H20BrNO4. The number of hydrogen-bond donors (Lipinski definition) is 3. The molecule has 2 aromatic rings. The molecule has 0 aromatic heterocycles. The molecule has 0 aliphatic heterocycles. The second kappa shape index (κ2) is 8.70. The van der Waals surface area contributed by atoms with E-state index in [1.54, 1.807) is 24.3 Å². The minimum absolute atomic E-state index is 0.0196. The average Bonchev–Trinajstić information content (AvgIpc) is 2.56. The van der Waals surface area contributed by atoms with Crippen LogP contribution in [0.5, 0.6) is 5.75 Å². The van der Waals surface area contributed by atoms with Gasteiger partial charge in [0.05, 0.1) is 0 Å². The number of phenols is 1. The Hall–Kier alpha value is -2.05. The van der Waals surface area contributed by atoms with Crippen LogP contribution in [0, 0.1) is 6.92 Å². The van der Waals surface area contributed by atoms with Crippen LogP contribution < -0.4 is 5.32 Å². The summed E-state index contributed by atoms with van der Waals surface area (Å²) < 4.78 is 6.24. The summed E-state index contributed by atoms with van der Waals surface area (Å²) in [5, 5.41) is 21.8. The molecule has 5 nitrogen and oxygen atoms in total. The predicted molar refractivity (Wildman–Crippen MR) is 96.2 cm³/mol. The van der Waals surface area contributed by atoms with Gasteiger partial charge in [0.1, 0.15) is 11.9 Å². The lowest BCUT2D eigenvalue weighted by Gasteiger charge is -2.19. The van der Waals surface area contributed by atoms with Crippen LogP contribution in [0.25, 0.3) is 0 Å². The molecule has 0 radical (unpaired) electrons. The molecule has 1 amide bonds. The molecule has 2 aromatic carbocycles. The van der Waals surface area contributed by atoms with Gasteiger partial charge in [-0.3, -0.25) is 5.32 Å². The summed E-state index contributed by atoms with van der Waals surface area (Å²) in [6.45, 7) is 1.94. The third-order valence-electron chi connectivity index (χ3n) is 3.51. The van der Waals surface area contributed by atoms with E-state index in [-0.39, 0.29) is 12.4 Å². The van der Waals surface area contributed by atoms with Gasteiger partial charge in [-0.2, -0.15) is 0 Å². The van der Waals surface area contributed by atoms with Gasteiger partial charge in [0.25, 0.3) is 0 Å². The fourth-order valence-electron chi connectivity index (χ4n) is 2.25. The van der Waals surface area contributed by atoms with Gasteiger partial charge in [-0.25, -0.2) is 4.79 Å². The molecule has 3 N–H and O–H groups in total. The monoisotopic (exact) mass is 393 g/mol. The highest BCUT2D eigenvalue weighted by atomic mass is 79.9. The van der Waals surface area contributed by atoms with E-state index in [1.165, 1.54) is 6.07 Å². The van der Waals surface area contributed by atoms with E-state index in [0.29, 0.717) is 24.1 Å². The fourth-order valence-corrected chi connectivity index (χ4v) is 2.63. The molecule has 0 spiro atoms. The predicted octanol–water partition coefficient (Wildman–Crippen LogP) is 4.53. The largest absolute Gasteiger partial charge is 0.508 e. The Morgan fingerprint density at radius 3 is 2.62 bits per heavy atom. The number of rotatable bonds is 6. The quantitative estimate of drug-likeness (QED) is 0.673. The van der Waals surface area contributed by atoms with Crippen molar-refractivity contribution in [1.29, 1.82) is 0 Å². The van der Waals surface area contributed by atoms with Crippen LogP contribution in [-0.4, -0.2) is 22.9 Å². The van der Waals surface area contributed by atoms with E-state index < -0.39 is 12.2 Å². The maximum absolute atomic E-state index is 12.2. The number of aliphatic hydroxyl groups is 1. The lowest BCUT2D eigenvalue weighted by atomic mass is 10.0. The zero-order chi connectivity index (χ0) is 17.5. The Kier molecular flexibility index (Phi) is 6.63.